The van der Waals surface area contributed by atoms with Crippen molar-refractivity contribution < 1.29 is 4.74 Å². The third-order valence-corrected chi connectivity index (χ3v) is 3.20. The van der Waals surface area contributed by atoms with Gasteiger partial charge < -0.3 is 10.1 Å². The van der Waals surface area contributed by atoms with Crippen molar-refractivity contribution in [3.05, 3.63) is 0 Å². The van der Waals surface area contributed by atoms with Crippen LogP contribution in [0.1, 0.15) is 33.6 Å². The molecule has 2 unspecified atom stereocenters. The second kappa shape index (κ2) is 7.25. The molecule has 1 aliphatic rings. The van der Waals surface area contributed by atoms with E-state index in [2.05, 4.69) is 38.0 Å². The zero-order valence-electron chi connectivity index (χ0n) is 11.3. The molecule has 0 aliphatic carbocycles. The third-order valence-electron chi connectivity index (χ3n) is 3.20. The van der Waals surface area contributed by atoms with Crippen LogP contribution in [0.3, 0.4) is 0 Å². The summed E-state index contributed by atoms with van der Waals surface area (Å²) in [5.74, 6) is 0.721. The number of likely N-dealkylation sites (N-methyl/N-ethyl adjacent to an activating group) is 1. The highest BCUT2D eigenvalue weighted by Gasteiger charge is 2.28. The Labute approximate surface area is 101 Å². The van der Waals surface area contributed by atoms with E-state index in [1.54, 1.807) is 0 Å². The van der Waals surface area contributed by atoms with Gasteiger partial charge in [0.15, 0.2) is 0 Å². The highest BCUT2D eigenvalue weighted by Crippen LogP contribution is 2.14. The van der Waals surface area contributed by atoms with Crippen molar-refractivity contribution in [3.63, 3.8) is 0 Å². The van der Waals surface area contributed by atoms with Crippen LogP contribution >= 0.6 is 0 Å². The smallest absolute Gasteiger partial charge is 0.0636 e. The molecule has 2 atom stereocenters. The molecular weight excluding hydrogens is 200 g/mol. The van der Waals surface area contributed by atoms with Crippen molar-refractivity contribution in [1.82, 2.24) is 10.2 Å². The summed E-state index contributed by atoms with van der Waals surface area (Å²) in [4.78, 5) is 2.46. The average molecular weight is 228 g/mol. The quantitative estimate of drug-likeness (QED) is 0.749. The van der Waals surface area contributed by atoms with Gasteiger partial charge in [0.1, 0.15) is 0 Å². The maximum atomic E-state index is 5.61. The highest BCUT2D eigenvalue weighted by molar-refractivity contribution is 4.86. The van der Waals surface area contributed by atoms with Crippen LogP contribution in [0.15, 0.2) is 0 Å². The summed E-state index contributed by atoms with van der Waals surface area (Å²) in [5.41, 5.74) is 0. The van der Waals surface area contributed by atoms with Gasteiger partial charge in [-0.05, 0) is 32.4 Å². The largest absolute Gasteiger partial charge is 0.380 e. The highest BCUT2D eigenvalue weighted by atomic mass is 16.5. The predicted octanol–water partition coefficient (Wildman–Crippen LogP) is 1.73. The van der Waals surface area contributed by atoms with Crippen LogP contribution in [0.2, 0.25) is 0 Å². The Kier molecular flexibility index (Phi) is 6.32. The van der Waals surface area contributed by atoms with E-state index >= 15 is 0 Å². The lowest BCUT2D eigenvalue weighted by Crippen LogP contribution is -2.55. The molecule has 96 valence electrons. The molecule has 0 aromatic heterocycles. The number of ether oxygens (including phenoxy) is 1. The molecule has 1 fully saturated rings. The Morgan fingerprint density at radius 1 is 1.44 bits per heavy atom. The predicted molar refractivity (Wildman–Crippen MR) is 68.8 cm³/mol. The van der Waals surface area contributed by atoms with Crippen LogP contribution in [0.4, 0.5) is 0 Å². The maximum Gasteiger partial charge on any atom is 0.0636 e. The van der Waals surface area contributed by atoms with Crippen LogP contribution < -0.4 is 5.32 Å². The molecule has 1 N–H and O–H groups in total. The molecule has 0 saturated carbocycles. The van der Waals surface area contributed by atoms with E-state index in [0.29, 0.717) is 12.1 Å². The molecule has 16 heavy (non-hydrogen) atoms. The van der Waals surface area contributed by atoms with Crippen LogP contribution in [0.25, 0.3) is 0 Å². The molecule has 0 amide bonds. The Morgan fingerprint density at radius 2 is 2.19 bits per heavy atom. The Morgan fingerprint density at radius 3 is 2.81 bits per heavy atom. The molecule has 1 rings (SSSR count). The zero-order valence-corrected chi connectivity index (χ0v) is 11.3. The minimum absolute atomic E-state index is 0.544. The second-order valence-electron chi connectivity index (χ2n) is 5.32. The standard InChI is InChI=1S/C13H28N2O/c1-5-7-14-12-6-8-16-10-13(12)15(4)9-11(2)3/h11-14H,5-10H2,1-4H3. The van der Waals surface area contributed by atoms with Gasteiger partial charge in [0, 0.05) is 25.2 Å². The van der Waals surface area contributed by atoms with Crippen LogP contribution in [0.5, 0.6) is 0 Å². The lowest BCUT2D eigenvalue weighted by molar-refractivity contribution is 0.00290. The fourth-order valence-corrected chi connectivity index (χ4v) is 2.44. The van der Waals surface area contributed by atoms with Gasteiger partial charge in [-0.3, -0.25) is 4.90 Å². The first-order chi connectivity index (χ1) is 7.65. The van der Waals surface area contributed by atoms with Crippen LogP contribution in [0, 0.1) is 5.92 Å². The Hall–Kier alpha value is -0.120. The van der Waals surface area contributed by atoms with Crippen molar-refractivity contribution in [2.45, 2.75) is 45.7 Å². The van der Waals surface area contributed by atoms with Crippen molar-refractivity contribution in [2.75, 3.05) is 33.4 Å². The van der Waals surface area contributed by atoms with E-state index in [1.807, 2.05) is 0 Å². The fraction of sp³-hybridized carbons (Fsp3) is 1.00. The SMILES string of the molecule is CCCNC1CCOCC1N(C)CC(C)C. The van der Waals surface area contributed by atoms with Gasteiger partial charge >= 0.3 is 0 Å². The molecule has 1 aliphatic heterocycles. The average Bonchev–Trinajstić information content (AvgIpc) is 2.25. The van der Waals surface area contributed by atoms with E-state index in [9.17, 15) is 0 Å². The second-order valence-corrected chi connectivity index (χ2v) is 5.32. The zero-order chi connectivity index (χ0) is 12.0. The maximum absolute atomic E-state index is 5.61. The number of rotatable bonds is 6. The van der Waals surface area contributed by atoms with E-state index in [1.165, 1.54) is 6.42 Å². The van der Waals surface area contributed by atoms with Gasteiger partial charge in [-0.2, -0.15) is 0 Å². The summed E-state index contributed by atoms with van der Waals surface area (Å²) < 4.78 is 5.61. The summed E-state index contributed by atoms with van der Waals surface area (Å²) in [7, 11) is 2.22. The van der Waals surface area contributed by atoms with Gasteiger partial charge in [-0.1, -0.05) is 20.8 Å². The van der Waals surface area contributed by atoms with Crippen molar-refractivity contribution in [3.8, 4) is 0 Å². The lowest BCUT2D eigenvalue weighted by Gasteiger charge is -2.39. The summed E-state index contributed by atoms with van der Waals surface area (Å²) in [6.45, 7) is 10.8. The lowest BCUT2D eigenvalue weighted by atomic mass is 10.0. The van der Waals surface area contributed by atoms with Gasteiger partial charge in [-0.15, -0.1) is 0 Å². The molecule has 0 radical (unpaired) electrons. The van der Waals surface area contributed by atoms with Gasteiger partial charge in [-0.25, -0.2) is 0 Å². The number of hydrogen-bond donors (Lipinski definition) is 1. The van der Waals surface area contributed by atoms with Crippen molar-refractivity contribution >= 4 is 0 Å². The first-order valence-electron chi connectivity index (χ1n) is 6.66. The minimum Gasteiger partial charge on any atom is -0.380 e. The molecule has 1 heterocycles. The number of nitrogens with zero attached hydrogens (tertiary/aromatic N) is 1. The van der Waals surface area contributed by atoms with E-state index in [0.717, 1.165) is 38.6 Å². The molecule has 0 bridgehead atoms. The fourth-order valence-electron chi connectivity index (χ4n) is 2.44. The van der Waals surface area contributed by atoms with E-state index < -0.39 is 0 Å². The Bertz CT molecular complexity index is 185. The van der Waals surface area contributed by atoms with Gasteiger partial charge in [0.2, 0.25) is 0 Å². The molecular formula is C13H28N2O. The summed E-state index contributed by atoms with van der Waals surface area (Å²) in [6, 6.07) is 1.15. The van der Waals surface area contributed by atoms with E-state index in [-0.39, 0.29) is 0 Å². The first kappa shape index (κ1) is 13.9. The van der Waals surface area contributed by atoms with Crippen molar-refractivity contribution in [1.29, 1.82) is 0 Å². The number of nitrogens with one attached hydrogen (secondary N) is 1. The number of hydrogen-bond acceptors (Lipinski definition) is 3. The minimum atomic E-state index is 0.544. The van der Waals surface area contributed by atoms with Crippen molar-refractivity contribution in [2.24, 2.45) is 5.92 Å². The molecule has 1 saturated heterocycles. The summed E-state index contributed by atoms with van der Waals surface area (Å²) >= 11 is 0. The molecule has 0 spiro atoms. The van der Waals surface area contributed by atoms with Crippen LogP contribution in [-0.2, 0) is 4.74 Å². The molecule has 0 aromatic rings. The summed E-state index contributed by atoms with van der Waals surface area (Å²) in [6.07, 6.45) is 2.35. The first-order valence-corrected chi connectivity index (χ1v) is 6.66. The molecule has 0 aromatic carbocycles. The Balaban J connectivity index is 2.45. The molecule has 3 nitrogen and oxygen atoms in total. The topological polar surface area (TPSA) is 24.5 Å². The molecule has 3 heteroatoms. The summed E-state index contributed by atoms with van der Waals surface area (Å²) in [5, 5.41) is 3.65. The van der Waals surface area contributed by atoms with E-state index in [4.69, 9.17) is 4.74 Å². The van der Waals surface area contributed by atoms with Crippen LogP contribution in [-0.4, -0.2) is 50.3 Å². The monoisotopic (exact) mass is 228 g/mol. The third kappa shape index (κ3) is 4.40. The normalized spacial score (nSPS) is 26.6. The van der Waals surface area contributed by atoms with Gasteiger partial charge in [0.05, 0.1) is 6.61 Å². The van der Waals surface area contributed by atoms with Gasteiger partial charge in [0.25, 0.3) is 0 Å².